The van der Waals surface area contributed by atoms with E-state index in [9.17, 15) is 4.79 Å². The van der Waals surface area contributed by atoms with Gasteiger partial charge in [-0.25, -0.2) is 0 Å². The number of alkyl halides is 1. The van der Waals surface area contributed by atoms with E-state index in [-0.39, 0.29) is 11.4 Å². The maximum absolute atomic E-state index is 11.5. The summed E-state index contributed by atoms with van der Waals surface area (Å²) < 4.78 is 0. The van der Waals surface area contributed by atoms with Gasteiger partial charge in [0.2, 0.25) is 0 Å². The van der Waals surface area contributed by atoms with Gasteiger partial charge < -0.3 is 4.98 Å². The van der Waals surface area contributed by atoms with Gasteiger partial charge in [-0.2, -0.15) is 0 Å². The van der Waals surface area contributed by atoms with Crippen molar-refractivity contribution >= 4 is 11.6 Å². The molecule has 1 N–H and O–H groups in total. The Morgan fingerprint density at radius 3 is 2.93 bits per heavy atom. The standard InChI is InChI=1S/C12H14ClNO/c13-8-10-5-6-11(14-12(10)15)7-9-3-1-2-4-9/h1,3,5-6,9H,2,4,7-8H2,(H,14,15). The molecule has 0 saturated carbocycles. The fourth-order valence-electron chi connectivity index (χ4n) is 1.92. The van der Waals surface area contributed by atoms with E-state index in [1.807, 2.05) is 12.1 Å². The number of allylic oxidation sites excluding steroid dienone is 2. The van der Waals surface area contributed by atoms with Crippen molar-refractivity contribution in [2.24, 2.45) is 5.92 Å². The van der Waals surface area contributed by atoms with Gasteiger partial charge in [0.25, 0.3) is 5.56 Å². The second-order valence-electron chi connectivity index (χ2n) is 3.94. The molecule has 1 aromatic heterocycles. The molecule has 0 bridgehead atoms. The van der Waals surface area contributed by atoms with Gasteiger partial charge in [-0.05, 0) is 31.2 Å². The van der Waals surface area contributed by atoms with Crippen LogP contribution in [0.3, 0.4) is 0 Å². The lowest BCUT2D eigenvalue weighted by molar-refractivity contribution is 0.619. The number of rotatable bonds is 3. The number of H-pyrrole nitrogens is 1. The minimum atomic E-state index is -0.0514. The molecule has 1 aromatic rings. The van der Waals surface area contributed by atoms with E-state index in [4.69, 9.17) is 11.6 Å². The number of hydrogen-bond acceptors (Lipinski definition) is 1. The Morgan fingerprint density at radius 1 is 1.47 bits per heavy atom. The van der Waals surface area contributed by atoms with E-state index in [0.717, 1.165) is 18.5 Å². The summed E-state index contributed by atoms with van der Waals surface area (Å²) in [6.45, 7) is 0. The van der Waals surface area contributed by atoms with Crippen molar-refractivity contribution in [3.8, 4) is 0 Å². The zero-order chi connectivity index (χ0) is 10.7. The molecule has 0 radical (unpaired) electrons. The van der Waals surface area contributed by atoms with Crippen LogP contribution in [-0.4, -0.2) is 4.98 Å². The van der Waals surface area contributed by atoms with Crippen LogP contribution in [0.2, 0.25) is 0 Å². The smallest absolute Gasteiger partial charge is 0.252 e. The molecule has 0 aromatic carbocycles. The number of hydrogen-bond donors (Lipinski definition) is 1. The van der Waals surface area contributed by atoms with Crippen molar-refractivity contribution in [1.82, 2.24) is 4.98 Å². The van der Waals surface area contributed by atoms with E-state index in [0.29, 0.717) is 11.5 Å². The highest BCUT2D eigenvalue weighted by atomic mass is 35.5. The fourth-order valence-corrected chi connectivity index (χ4v) is 2.13. The number of pyridine rings is 1. The maximum Gasteiger partial charge on any atom is 0.252 e. The predicted molar refractivity (Wildman–Crippen MR) is 62.2 cm³/mol. The second kappa shape index (κ2) is 4.67. The monoisotopic (exact) mass is 223 g/mol. The van der Waals surface area contributed by atoms with Crippen molar-refractivity contribution in [2.45, 2.75) is 25.1 Å². The second-order valence-corrected chi connectivity index (χ2v) is 4.21. The lowest BCUT2D eigenvalue weighted by atomic mass is 10.0. The molecule has 0 spiro atoms. The summed E-state index contributed by atoms with van der Waals surface area (Å²) in [7, 11) is 0. The Labute approximate surface area is 94.0 Å². The SMILES string of the molecule is O=c1[nH]c(CC2C=CCC2)ccc1CCl. The molecular weight excluding hydrogens is 210 g/mol. The molecule has 3 heteroatoms. The summed E-state index contributed by atoms with van der Waals surface area (Å²) >= 11 is 5.62. The van der Waals surface area contributed by atoms with Crippen LogP contribution in [0.25, 0.3) is 0 Å². The average Bonchev–Trinajstić information content (AvgIpc) is 2.71. The maximum atomic E-state index is 11.5. The molecule has 1 aliphatic carbocycles. The van der Waals surface area contributed by atoms with Crippen LogP contribution in [0.15, 0.2) is 29.1 Å². The molecular formula is C12H14ClNO. The number of aromatic nitrogens is 1. The topological polar surface area (TPSA) is 32.9 Å². The number of halogens is 1. The third-order valence-electron chi connectivity index (χ3n) is 2.79. The first-order chi connectivity index (χ1) is 7.29. The van der Waals surface area contributed by atoms with E-state index >= 15 is 0 Å². The summed E-state index contributed by atoms with van der Waals surface area (Å²) in [5.41, 5.74) is 1.59. The van der Waals surface area contributed by atoms with E-state index in [1.165, 1.54) is 6.42 Å². The van der Waals surface area contributed by atoms with Crippen LogP contribution in [0.1, 0.15) is 24.1 Å². The van der Waals surface area contributed by atoms with Gasteiger partial charge in [0.1, 0.15) is 0 Å². The molecule has 15 heavy (non-hydrogen) atoms. The zero-order valence-corrected chi connectivity index (χ0v) is 9.26. The Kier molecular flexibility index (Phi) is 3.27. The van der Waals surface area contributed by atoms with Crippen LogP contribution in [0.4, 0.5) is 0 Å². The summed E-state index contributed by atoms with van der Waals surface area (Å²) in [6.07, 6.45) is 7.71. The average molecular weight is 224 g/mol. The summed E-state index contributed by atoms with van der Waals surface area (Å²) in [5.74, 6) is 0.862. The summed E-state index contributed by atoms with van der Waals surface area (Å²) in [6, 6.07) is 3.78. The van der Waals surface area contributed by atoms with Gasteiger partial charge in [0.15, 0.2) is 0 Å². The van der Waals surface area contributed by atoms with Gasteiger partial charge in [-0.3, -0.25) is 4.79 Å². The van der Waals surface area contributed by atoms with Crippen molar-refractivity contribution in [3.63, 3.8) is 0 Å². The molecule has 0 saturated heterocycles. The van der Waals surface area contributed by atoms with Crippen molar-refractivity contribution in [2.75, 3.05) is 0 Å². The first-order valence-electron chi connectivity index (χ1n) is 5.23. The molecule has 1 aliphatic rings. The molecule has 2 nitrogen and oxygen atoms in total. The highest BCUT2D eigenvalue weighted by molar-refractivity contribution is 6.17. The van der Waals surface area contributed by atoms with Gasteiger partial charge in [-0.15, -0.1) is 11.6 Å². The Balaban J connectivity index is 2.12. The van der Waals surface area contributed by atoms with Crippen LogP contribution >= 0.6 is 11.6 Å². The largest absolute Gasteiger partial charge is 0.326 e. The minimum absolute atomic E-state index is 0.0514. The lowest BCUT2D eigenvalue weighted by Gasteiger charge is -2.07. The molecule has 80 valence electrons. The van der Waals surface area contributed by atoms with Gasteiger partial charge in [0, 0.05) is 11.3 Å². The van der Waals surface area contributed by atoms with Crippen LogP contribution < -0.4 is 5.56 Å². The van der Waals surface area contributed by atoms with Gasteiger partial charge in [0.05, 0.1) is 5.88 Å². The Hall–Kier alpha value is -1.02. The number of nitrogens with one attached hydrogen (secondary N) is 1. The van der Waals surface area contributed by atoms with E-state index in [2.05, 4.69) is 17.1 Å². The van der Waals surface area contributed by atoms with E-state index < -0.39 is 0 Å². The minimum Gasteiger partial charge on any atom is -0.326 e. The Morgan fingerprint density at radius 2 is 2.33 bits per heavy atom. The highest BCUT2D eigenvalue weighted by Crippen LogP contribution is 2.20. The lowest BCUT2D eigenvalue weighted by Crippen LogP contribution is -2.14. The van der Waals surface area contributed by atoms with Crippen LogP contribution in [0.5, 0.6) is 0 Å². The molecule has 0 fully saturated rings. The first kappa shape index (κ1) is 10.5. The molecule has 0 amide bonds. The quantitative estimate of drug-likeness (QED) is 0.620. The predicted octanol–water partition coefficient (Wildman–Crippen LogP) is 2.62. The molecule has 2 rings (SSSR count). The van der Waals surface area contributed by atoms with Crippen LogP contribution in [0, 0.1) is 5.92 Å². The summed E-state index contributed by atoms with van der Waals surface area (Å²) in [4.78, 5) is 14.4. The summed E-state index contributed by atoms with van der Waals surface area (Å²) in [5, 5.41) is 0. The van der Waals surface area contributed by atoms with Crippen molar-refractivity contribution < 1.29 is 0 Å². The van der Waals surface area contributed by atoms with Gasteiger partial charge in [-0.1, -0.05) is 18.2 Å². The van der Waals surface area contributed by atoms with Crippen LogP contribution in [-0.2, 0) is 12.3 Å². The number of aromatic amines is 1. The molecule has 1 unspecified atom stereocenters. The van der Waals surface area contributed by atoms with E-state index in [1.54, 1.807) is 0 Å². The third kappa shape index (κ3) is 2.51. The molecule has 0 aliphatic heterocycles. The van der Waals surface area contributed by atoms with Crippen molar-refractivity contribution in [1.29, 1.82) is 0 Å². The molecule has 1 atom stereocenters. The normalized spacial score (nSPS) is 19.7. The fraction of sp³-hybridized carbons (Fsp3) is 0.417. The van der Waals surface area contributed by atoms with Gasteiger partial charge >= 0.3 is 0 Å². The first-order valence-corrected chi connectivity index (χ1v) is 5.77. The third-order valence-corrected chi connectivity index (χ3v) is 3.08. The van der Waals surface area contributed by atoms with Crippen molar-refractivity contribution in [3.05, 3.63) is 45.9 Å². The highest BCUT2D eigenvalue weighted by Gasteiger charge is 2.10. The molecule has 1 heterocycles. The Bertz CT molecular complexity index is 422. The zero-order valence-electron chi connectivity index (χ0n) is 8.50.